The summed E-state index contributed by atoms with van der Waals surface area (Å²) in [6, 6.07) is 13.6. The van der Waals surface area contributed by atoms with Crippen molar-refractivity contribution in [3.8, 4) is 5.75 Å². The Morgan fingerprint density at radius 3 is 2.58 bits per heavy atom. The Labute approximate surface area is 158 Å². The predicted molar refractivity (Wildman–Crippen MR) is 103 cm³/mol. The molecule has 0 heterocycles. The Balaban J connectivity index is 2.03. The minimum absolute atomic E-state index is 0.0210. The van der Waals surface area contributed by atoms with E-state index in [0.717, 1.165) is 11.8 Å². The lowest BCUT2D eigenvalue weighted by Crippen LogP contribution is -2.21. The number of carbonyl (C=O) groups is 1. The minimum atomic E-state index is -3.14. The molecular formula is C18H21ClN2O4S. The lowest BCUT2D eigenvalue weighted by Gasteiger charge is -2.15. The first-order valence-corrected chi connectivity index (χ1v) is 10.4. The Kier molecular flexibility index (Phi) is 7.02. The molecule has 0 spiro atoms. The van der Waals surface area contributed by atoms with Crippen LogP contribution in [0.2, 0.25) is 5.02 Å². The zero-order valence-corrected chi connectivity index (χ0v) is 15.9. The number of halogens is 1. The molecule has 0 aliphatic heterocycles. The number of hydrogen-bond acceptors (Lipinski definition) is 5. The highest BCUT2D eigenvalue weighted by atomic mass is 35.5. The van der Waals surface area contributed by atoms with Crippen LogP contribution in [0.25, 0.3) is 0 Å². The van der Waals surface area contributed by atoms with E-state index in [4.69, 9.17) is 22.1 Å². The van der Waals surface area contributed by atoms with Gasteiger partial charge in [-0.05, 0) is 23.8 Å². The van der Waals surface area contributed by atoms with E-state index in [9.17, 15) is 13.2 Å². The second-order valence-electron chi connectivity index (χ2n) is 5.89. The molecule has 8 heteroatoms. The zero-order chi connectivity index (χ0) is 19.2. The average molecular weight is 397 g/mol. The van der Waals surface area contributed by atoms with Gasteiger partial charge in [-0.25, -0.2) is 8.42 Å². The summed E-state index contributed by atoms with van der Waals surface area (Å²) in [4.78, 5) is 12.3. The number of amides is 1. The molecule has 1 amide bonds. The van der Waals surface area contributed by atoms with E-state index < -0.39 is 15.9 Å². The van der Waals surface area contributed by atoms with Gasteiger partial charge in [-0.3, -0.25) is 4.79 Å². The fraction of sp³-hybridized carbons (Fsp3) is 0.278. The van der Waals surface area contributed by atoms with Gasteiger partial charge in [-0.15, -0.1) is 0 Å². The van der Waals surface area contributed by atoms with E-state index in [2.05, 4.69) is 5.32 Å². The van der Waals surface area contributed by atoms with Gasteiger partial charge in [0.05, 0.1) is 11.4 Å². The molecule has 0 saturated carbocycles. The van der Waals surface area contributed by atoms with Crippen molar-refractivity contribution in [3.05, 3.63) is 59.1 Å². The van der Waals surface area contributed by atoms with Crippen molar-refractivity contribution in [1.29, 1.82) is 0 Å². The topological polar surface area (TPSA) is 98.5 Å². The van der Waals surface area contributed by atoms with Gasteiger partial charge in [-0.2, -0.15) is 0 Å². The molecule has 140 valence electrons. The Bertz CT molecular complexity index is 857. The standard InChI is InChI=1S/C18H21ClN2O4S/c1-26(23,24)10-9-25-17-8-7-14(19)11-16(17)21-18(22)12-15(20)13-5-3-2-4-6-13/h2-8,11,15H,9-10,12,20H2,1H3,(H,21,22). The van der Waals surface area contributed by atoms with Crippen LogP contribution in [0.3, 0.4) is 0 Å². The van der Waals surface area contributed by atoms with Gasteiger partial charge in [0.25, 0.3) is 0 Å². The maximum Gasteiger partial charge on any atom is 0.226 e. The number of benzene rings is 2. The van der Waals surface area contributed by atoms with Crippen LogP contribution in [0.4, 0.5) is 5.69 Å². The normalized spacial score (nSPS) is 12.4. The predicted octanol–water partition coefficient (Wildman–Crippen LogP) is 2.79. The molecule has 0 radical (unpaired) electrons. The number of nitrogens with two attached hydrogens (primary N) is 1. The summed E-state index contributed by atoms with van der Waals surface area (Å²) in [7, 11) is -3.14. The molecule has 0 saturated heterocycles. The molecule has 2 aromatic rings. The number of rotatable bonds is 8. The van der Waals surface area contributed by atoms with E-state index in [-0.39, 0.29) is 24.7 Å². The van der Waals surface area contributed by atoms with E-state index in [0.29, 0.717) is 16.5 Å². The fourth-order valence-electron chi connectivity index (χ4n) is 2.25. The molecule has 0 aromatic heterocycles. The third-order valence-electron chi connectivity index (χ3n) is 3.56. The van der Waals surface area contributed by atoms with Crippen molar-refractivity contribution in [2.75, 3.05) is 23.9 Å². The summed E-state index contributed by atoms with van der Waals surface area (Å²) in [5, 5.41) is 3.14. The number of hydrogen-bond donors (Lipinski definition) is 2. The zero-order valence-electron chi connectivity index (χ0n) is 14.3. The molecule has 0 fully saturated rings. The first kappa shape index (κ1) is 20.2. The summed E-state index contributed by atoms with van der Waals surface area (Å²) in [5.41, 5.74) is 7.29. The van der Waals surface area contributed by atoms with Gasteiger partial charge in [0.1, 0.15) is 12.4 Å². The van der Waals surface area contributed by atoms with E-state index in [1.54, 1.807) is 18.2 Å². The maximum absolute atomic E-state index is 12.3. The monoisotopic (exact) mass is 396 g/mol. The molecule has 2 aromatic carbocycles. The lowest BCUT2D eigenvalue weighted by molar-refractivity contribution is -0.116. The Hall–Kier alpha value is -2.09. The summed E-state index contributed by atoms with van der Waals surface area (Å²) in [6.45, 7) is -0.0210. The SMILES string of the molecule is CS(=O)(=O)CCOc1ccc(Cl)cc1NC(=O)CC(N)c1ccccc1. The molecule has 0 aliphatic rings. The first-order valence-electron chi connectivity index (χ1n) is 7.95. The number of sulfone groups is 1. The number of carbonyl (C=O) groups excluding carboxylic acids is 1. The van der Waals surface area contributed by atoms with Crippen molar-refractivity contribution in [3.63, 3.8) is 0 Å². The van der Waals surface area contributed by atoms with E-state index in [1.165, 1.54) is 0 Å². The summed E-state index contributed by atoms with van der Waals surface area (Å²) in [5.74, 6) is -0.0710. The van der Waals surface area contributed by atoms with Gasteiger partial charge >= 0.3 is 0 Å². The Morgan fingerprint density at radius 2 is 1.92 bits per heavy atom. The third kappa shape index (κ3) is 6.67. The van der Waals surface area contributed by atoms with Crippen molar-refractivity contribution >= 4 is 33.0 Å². The van der Waals surface area contributed by atoms with Crippen LogP contribution >= 0.6 is 11.6 Å². The quantitative estimate of drug-likeness (QED) is 0.714. The smallest absolute Gasteiger partial charge is 0.226 e. The van der Waals surface area contributed by atoms with Crippen LogP contribution < -0.4 is 15.8 Å². The van der Waals surface area contributed by atoms with Gasteiger partial charge in [0, 0.05) is 23.7 Å². The number of nitrogens with one attached hydrogen (secondary N) is 1. The number of ether oxygens (including phenoxy) is 1. The van der Waals surface area contributed by atoms with Gasteiger partial charge in [0.15, 0.2) is 9.84 Å². The largest absolute Gasteiger partial charge is 0.490 e. The molecule has 1 unspecified atom stereocenters. The highest BCUT2D eigenvalue weighted by Gasteiger charge is 2.14. The number of anilines is 1. The maximum atomic E-state index is 12.3. The highest BCUT2D eigenvalue weighted by Crippen LogP contribution is 2.28. The molecule has 2 rings (SSSR count). The second-order valence-corrected chi connectivity index (χ2v) is 8.58. The lowest BCUT2D eigenvalue weighted by atomic mass is 10.0. The van der Waals surface area contributed by atoms with Gasteiger partial charge in [0.2, 0.25) is 5.91 Å². The highest BCUT2D eigenvalue weighted by molar-refractivity contribution is 7.90. The Morgan fingerprint density at radius 1 is 1.23 bits per heavy atom. The molecule has 6 nitrogen and oxygen atoms in total. The second kappa shape index (κ2) is 9.02. The average Bonchev–Trinajstić information content (AvgIpc) is 2.56. The van der Waals surface area contributed by atoms with Crippen molar-refractivity contribution in [2.24, 2.45) is 5.73 Å². The summed E-state index contributed by atoms with van der Waals surface area (Å²) < 4.78 is 27.9. The van der Waals surface area contributed by atoms with Crippen molar-refractivity contribution < 1.29 is 17.9 Å². The molecule has 0 aliphatic carbocycles. The summed E-state index contributed by atoms with van der Waals surface area (Å²) in [6.07, 6.45) is 1.21. The minimum Gasteiger partial charge on any atom is -0.490 e. The van der Waals surface area contributed by atoms with E-state index in [1.807, 2.05) is 30.3 Å². The van der Waals surface area contributed by atoms with Crippen LogP contribution in [0.15, 0.2) is 48.5 Å². The summed E-state index contributed by atoms with van der Waals surface area (Å²) >= 11 is 5.98. The first-order chi connectivity index (χ1) is 12.2. The molecule has 3 N–H and O–H groups in total. The van der Waals surface area contributed by atoms with Crippen LogP contribution in [0, 0.1) is 0 Å². The molecule has 26 heavy (non-hydrogen) atoms. The molecular weight excluding hydrogens is 376 g/mol. The molecule has 1 atom stereocenters. The molecule has 0 bridgehead atoms. The third-order valence-corrected chi connectivity index (χ3v) is 4.70. The van der Waals surface area contributed by atoms with Gasteiger partial charge in [-0.1, -0.05) is 41.9 Å². The van der Waals surface area contributed by atoms with Crippen molar-refractivity contribution in [1.82, 2.24) is 0 Å². The van der Waals surface area contributed by atoms with Crippen LogP contribution in [-0.4, -0.2) is 32.9 Å². The van der Waals surface area contributed by atoms with E-state index >= 15 is 0 Å². The van der Waals surface area contributed by atoms with Crippen LogP contribution in [0.5, 0.6) is 5.75 Å². The van der Waals surface area contributed by atoms with Crippen LogP contribution in [0.1, 0.15) is 18.0 Å². The fourth-order valence-corrected chi connectivity index (χ4v) is 2.81. The van der Waals surface area contributed by atoms with Gasteiger partial charge < -0.3 is 15.8 Å². The van der Waals surface area contributed by atoms with Crippen LogP contribution in [-0.2, 0) is 14.6 Å². The van der Waals surface area contributed by atoms with Crippen molar-refractivity contribution in [2.45, 2.75) is 12.5 Å².